The molecule has 1 amide bonds. The van der Waals surface area contributed by atoms with Crippen LogP contribution in [0.5, 0.6) is 0 Å². The average molecular weight is 176 g/mol. The summed E-state index contributed by atoms with van der Waals surface area (Å²) in [5.41, 5.74) is 0.256. The summed E-state index contributed by atoms with van der Waals surface area (Å²) in [6.45, 7) is 2.62. The highest BCUT2D eigenvalue weighted by atomic mass is 35.5. The Labute approximate surface area is 72.3 Å². The van der Waals surface area contributed by atoms with Crippen LogP contribution in [0, 0.1) is 5.41 Å². The molecular weight excluding hydrogens is 162 g/mol. The van der Waals surface area contributed by atoms with Gasteiger partial charge >= 0.3 is 0 Å². The Morgan fingerprint density at radius 2 is 2.27 bits per heavy atom. The van der Waals surface area contributed by atoms with Gasteiger partial charge in [-0.1, -0.05) is 6.92 Å². The molecule has 3 heteroatoms. The lowest BCUT2D eigenvalue weighted by atomic mass is 10.1. The van der Waals surface area contributed by atoms with Crippen LogP contribution in [0.2, 0.25) is 0 Å². The molecule has 0 aromatic carbocycles. The first-order valence-corrected chi connectivity index (χ1v) is 4.58. The maximum absolute atomic E-state index is 10.8. The van der Waals surface area contributed by atoms with Crippen LogP contribution in [0.1, 0.15) is 26.2 Å². The van der Waals surface area contributed by atoms with Crippen LogP contribution < -0.4 is 5.32 Å². The highest BCUT2D eigenvalue weighted by Crippen LogP contribution is 2.45. The third-order valence-electron chi connectivity index (χ3n) is 2.22. The quantitative estimate of drug-likeness (QED) is 0.646. The van der Waals surface area contributed by atoms with E-state index in [0.717, 1.165) is 6.54 Å². The SMILES string of the molecule is CCC(=O)NCC1(CCl)CC1. The van der Waals surface area contributed by atoms with E-state index in [1.165, 1.54) is 12.8 Å². The fourth-order valence-electron chi connectivity index (χ4n) is 0.946. The largest absolute Gasteiger partial charge is 0.356 e. The molecule has 64 valence electrons. The Kier molecular flexibility index (Phi) is 2.77. The molecular formula is C8H14ClNO. The summed E-state index contributed by atoms with van der Waals surface area (Å²) >= 11 is 5.73. The van der Waals surface area contributed by atoms with E-state index in [0.29, 0.717) is 12.3 Å². The van der Waals surface area contributed by atoms with Gasteiger partial charge in [0.1, 0.15) is 0 Å². The number of nitrogens with one attached hydrogen (secondary N) is 1. The normalized spacial score (nSPS) is 19.5. The summed E-state index contributed by atoms with van der Waals surface area (Å²) in [4.78, 5) is 10.8. The molecule has 11 heavy (non-hydrogen) atoms. The third kappa shape index (κ3) is 2.37. The van der Waals surface area contributed by atoms with Crippen LogP contribution in [-0.2, 0) is 4.79 Å². The Morgan fingerprint density at radius 1 is 1.64 bits per heavy atom. The van der Waals surface area contributed by atoms with Gasteiger partial charge in [-0.15, -0.1) is 11.6 Å². The number of rotatable bonds is 4. The zero-order chi connectivity index (χ0) is 8.32. The van der Waals surface area contributed by atoms with E-state index in [-0.39, 0.29) is 11.3 Å². The molecule has 0 unspecified atom stereocenters. The first kappa shape index (κ1) is 8.85. The van der Waals surface area contributed by atoms with Crippen LogP contribution in [0.25, 0.3) is 0 Å². The third-order valence-corrected chi connectivity index (χ3v) is 2.79. The van der Waals surface area contributed by atoms with Crippen molar-refractivity contribution in [3.05, 3.63) is 0 Å². The molecule has 1 saturated carbocycles. The lowest BCUT2D eigenvalue weighted by Gasteiger charge is -2.11. The Morgan fingerprint density at radius 3 is 2.64 bits per heavy atom. The fourth-order valence-corrected chi connectivity index (χ4v) is 1.31. The van der Waals surface area contributed by atoms with Crippen molar-refractivity contribution in [2.75, 3.05) is 12.4 Å². The lowest BCUT2D eigenvalue weighted by molar-refractivity contribution is -0.121. The Bertz CT molecular complexity index is 154. The van der Waals surface area contributed by atoms with Gasteiger partial charge in [-0.3, -0.25) is 4.79 Å². The maximum atomic E-state index is 10.8. The van der Waals surface area contributed by atoms with Gasteiger partial charge in [0.2, 0.25) is 5.91 Å². The van der Waals surface area contributed by atoms with Crippen molar-refractivity contribution in [1.29, 1.82) is 0 Å². The van der Waals surface area contributed by atoms with E-state index in [1.807, 2.05) is 6.92 Å². The minimum Gasteiger partial charge on any atom is -0.356 e. The monoisotopic (exact) mass is 175 g/mol. The predicted octanol–water partition coefficient (Wildman–Crippen LogP) is 1.53. The lowest BCUT2D eigenvalue weighted by Crippen LogP contribution is -2.30. The van der Waals surface area contributed by atoms with Crippen molar-refractivity contribution < 1.29 is 4.79 Å². The number of hydrogen-bond acceptors (Lipinski definition) is 1. The van der Waals surface area contributed by atoms with E-state index in [9.17, 15) is 4.79 Å². The van der Waals surface area contributed by atoms with Gasteiger partial charge in [-0.05, 0) is 12.8 Å². The van der Waals surface area contributed by atoms with E-state index >= 15 is 0 Å². The summed E-state index contributed by atoms with van der Waals surface area (Å²) in [6, 6.07) is 0. The molecule has 0 aliphatic heterocycles. The van der Waals surface area contributed by atoms with E-state index in [4.69, 9.17) is 11.6 Å². The molecule has 1 fully saturated rings. The molecule has 0 aromatic rings. The molecule has 0 heterocycles. The van der Waals surface area contributed by atoms with Crippen molar-refractivity contribution in [1.82, 2.24) is 5.32 Å². The van der Waals surface area contributed by atoms with Gasteiger partial charge in [-0.25, -0.2) is 0 Å². The molecule has 1 aliphatic carbocycles. The van der Waals surface area contributed by atoms with Gasteiger partial charge < -0.3 is 5.32 Å². The number of amides is 1. The highest BCUT2D eigenvalue weighted by Gasteiger charge is 2.41. The molecule has 0 saturated heterocycles. The second-order valence-electron chi connectivity index (χ2n) is 3.26. The summed E-state index contributed by atoms with van der Waals surface area (Å²) in [7, 11) is 0. The van der Waals surface area contributed by atoms with E-state index < -0.39 is 0 Å². The molecule has 1 N–H and O–H groups in total. The molecule has 0 spiro atoms. The molecule has 0 radical (unpaired) electrons. The van der Waals surface area contributed by atoms with Crippen molar-refractivity contribution >= 4 is 17.5 Å². The van der Waals surface area contributed by atoms with Crippen molar-refractivity contribution in [2.24, 2.45) is 5.41 Å². The molecule has 1 aliphatic rings. The minimum absolute atomic E-state index is 0.126. The molecule has 0 atom stereocenters. The summed E-state index contributed by atoms with van der Waals surface area (Å²) in [5.74, 6) is 0.804. The summed E-state index contributed by atoms with van der Waals surface area (Å²) < 4.78 is 0. The molecule has 0 bridgehead atoms. The van der Waals surface area contributed by atoms with Crippen molar-refractivity contribution in [3.8, 4) is 0 Å². The molecule has 2 nitrogen and oxygen atoms in total. The van der Waals surface area contributed by atoms with Gasteiger partial charge in [0.05, 0.1) is 0 Å². The molecule has 1 rings (SSSR count). The second kappa shape index (κ2) is 3.44. The van der Waals surface area contributed by atoms with Crippen LogP contribution in [0.4, 0.5) is 0 Å². The van der Waals surface area contributed by atoms with Crippen LogP contribution >= 0.6 is 11.6 Å². The number of carbonyl (C=O) groups excluding carboxylic acids is 1. The van der Waals surface area contributed by atoms with Gasteiger partial charge in [0, 0.05) is 24.3 Å². The zero-order valence-electron chi connectivity index (χ0n) is 6.82. The van der Waals surface area contributed by atoms with Gasteiger partial charge in [-0.2, -0.15) is 0 Å². The first-order valence-electron chi connectivity index (χ1n) is 4.05. The van der Waals surface area contributed by atoms with Gasteiger partial charge in [0.25, 0.3) is 0 Å². The summed E-state index contributed by atoms with van der Waals surface area (Å²) in [5, 5.41) is 2.86. The Balaban J connectivity index is 2.16. The standard InChI is InChI=1S/C8H14ClNO/c1-2-7(11)10-6-8(5-9)3-4-8/h2-6H2,1H3,(H,10,11). The second-order valence-corrected chi connectivity index (χ2v) is 3.53. The Hall–Kier alpha value is -0.240. The van der Waals surface area contributed by atoms with Crippen LogP contribution in [0.3, 0.4) is 0 Å². The fraction of sp³-hybridized carbons (Fsp3) is 0.875. The van der Waals surface area contributed by atoms with Crippen molar-refractivity contribution in [2.45, 2.75) is 26.2 Å². The number of alkyl halides is 1. The number of hydrogen-bond donors (Lipinski definition) is 1. The maximum Gasteiger partial charge on any atom is 0.219 e. The highest BCUT2D eigenvalue weighted by molar-refractivity contribution is 6.18. The molecule has 0 aromatic heterocycles. The van der Waals surface area contributed by atoms with Crippen LogP contribution in [-0.4, -0.2) is 18.3 Å². The number of carbonyl (C=O) groups is 1. The zero-order valence-corrected chi connectivity index (χ0v) is 7.58. The smallest absolute Gasteiger partial charge is 0.219 e. The van der Waals surface area contributed by atoms with E-state index in [2.05, 4.69) is 5.32 Å². The predicted molar refractivity (Wildman–Crippen MR) is 45.7 cm³/mol. The van der Waals surface area contributed by atoms with Crippen molar-refractivity contribution in [3.63, 3.8) is 0 Å². The first-order chi connectivity index (χ1) is 5.22. The topological polar surface area (TPSA) is 29.1 Å². The minimum atomic E-state index is 0.126. The average Bonchev–Trinajstić information content (AvgIpc) is 2.81. The summed E-state index contributed by atoms with van der Waals surface area (Å²) in [6.07, 6.45) is 2.90. The van der Waals surface area contributed by atoms with Crippen LogP contribution in [0.15, 0.2) is 0 Å². The van der Waals surface area contributed by atoms with Gasteiger partial charge in [0.15, 0.2) is 0 Å². The van der Waals surface area contributed by atoms with E-state index in [1.54, 1.807) is 0 Å². The number of halogens is 1.